The van der Waals surface area contributed by atoms with Crippen molar-refractivity contribution in [1.29, 1.82) is 0 Å². The van der Waals surface area contributed by atoms with Gasteiger partial charge in [-0.3, -0.25) is 4.98 Å². The molecule has 90 valence electrons. The quantitative estimate of drug-likeness (QED) is 0.782. The van der Waals surface area contributed by atoms with Gasteiger partial charge in [-0.2, -0.15) is 8.75 Å². The zero-order valence-corrected chi connectivity index (χ0v) is 10.7. The van der Waals surface area contributed by atoms with Gasteiger partial charge in [0.25, 0.3) is 0 Å². The highest BCUT2D eigenvalue weighted by molar-refractivity contribution is 6.99. The van der Waals surface area contributed by atoms with Gasteiger partial charge in [-0.25, -0.2) is 0 Å². The Labute approximate surface area is 109 Å². The molecule has 0 spiro atoms. The minimum absolute atomic E-state index is 0.838. The first-order valence-electron chi connectivity index (χ1n) is 5.79. The van der Waals surface area contributed by atoms with Crippen molar-refractivity contribution in [2.45, 2.75) is 6.92 Å². The maximum Gasteiger partial charge on any atom is 0.168 e. The molecule has 0 saturated heterocycles. The van der Waals surface area contributed by atoms with Crippen molar-refractivity contribution in [2.24, 2.45) is 0 Å². The van der Waals surface area contributed by atoms with E-state index >= 15 is 0 Å². The Kier molecular flexibility index (Phi) is 2.90. The molecule has 0 fully saturated rings. The second kappa shape index (κ2) is 4.70. The smallest absolute Gasteiger partial charge is 0.168 e. The molecule has 5 heteroatoms. The van der Waals surface area contributed by atoms with Gasteiger partial charge in [0.15, 0.2) is 5.82 Å². The maximum atomic E-state index is 4.40. The molecule has 0 saturated carbocycles. The van der Waals surface area contributed by atoms with Crippen LogP contribution in [0.2, 0.25) is 0 Å². The molecule has 3 rings (SSSR count). The molecule has 0 aliphatic heterocycles. The predicted molar refractivity (Wildman–Crippen MR) is 74.8 cm³/mol. The van der Waals surface area contributed by atoms with E-state index < -0.39 is 0 Å². The van der Waals surface area contributed by atoms with E-state index in [4.69, 9.17) is 0 Å². The molecule has 0 aliphatic carbocycles. The molecule has 0 unspecified atom stereocenters. The normalized spacial score (nSPS) is 10.7. The molecule has 0 amide bonds. The van der Waals surface area contributed by atoms with Gasteiger partial charge in [0, 0.05) is 29.9 Å². The summed E-state index contributed by atoms with van der Waals surface area (Å²) >= 11 is 1.23. The van der Waals surface area contributed by atoms with Crippen molar-refractivity contribution in [3.05, 3.63) is 36.7 Å². The van der Waals surface area contributed by atoms with Crippen molar-refractivity contribution in [3.63, 3.8) is 0 Å². The maximum absolute atomic E-state index is 4.40. The number of rotatable bonds is 3. The molecule has 0 radical (unpaired) electrons. The van der Waals surface area contributed by atoms with E-state index in [1.807, 2.05) is 18.3 Å². The average molecular weight is 256 g/mol. The first kappa shape index (κ1) is 11.1. The van der Waals surface area contributed by atoms with Crippen molar-refractivity contribution >= 4 is 28.3 Å². The first-order valence-corrected chi connectivity index (χ1v) is 6.52. The summed E-state index contributed by atoms with van der Waals surface area (Å²) in [4.78, 5) is 4.15. The summed E-state index contributed by atoms with van der Waals surface area (Å²) in [6, 6.07) is 8.16. The minimum atomic E-state index is 0.838. The SMILES string of the molecule is CCNc1nsnc1-c1cccc2cnccc12. The third-order valence-electron chi connectivity index (χ3n) is 2.77. The largest absolute Gasteiger partial charge is 0.368 e. The van der Waals surface area contributed by atoms with Gasteiger partial charge < -0.3 is 5.32 Å². The first-order chi connectivity index (χ1) is 8.90. The number of benzene rings is 1. The zero-order chi connectivity index (χ0) is 12.4. The summed E-state index contributed by atoms with van der Waals surface area (Å²) in [5.74, 6) is 0.854. The number of hydrogen-bond acceptors (Lipinski definition) is 5. The van der Waals surface area contributed by atoms with Crippen LogP contribution < -0.4 is 5.32 Å². The van der Waals surface area contributed by atoms with Crippen LogP contribution in [-0.4, -0.2) is 20.3 Å². The van der Waals surface area contributed by atoms with Crippen molar-refractivity contribution < 1.29 is 0 Å². The monoisotopic (exact) mass is 256 g/mol. The number of nitrogens with one attached hydrogen (secondary N) is 1. The Bertz CT molecular complexity index is 672. The summed E-state index contributed by atoms with van der Waals surface area (Å²) in [7, 11) is 0. The second-order valence-electron chi connectivity index (χ2n) is 3.89. The Balaban J connectivity index is 2.22. The van der Waals surface area contributed by atoms with Crippen LogP contribution >= 0.6 is 11.7 Å². The number of pyridine rings is 1. The number of hydrogen-bond donors (Lipinski definition) is 1. The Morgan fingerprint density at radius 1 is 1.22 bits per heavy atom. The van der Waals surface area contributed by atoms with Crippen LogP contribution in [-0.2, 0) is 0 Å². The standard InChI is InChI=1S/C13H12N4S/c1-2-15-13-12(16-18-17-13)11-5-3-4-9-8-14-7-6-10(9)11/h3-8H,2H2,1H3,(H,15,17). The van der Waals surface area contributed by atoms with Gasteiger partial charge in [0.1, 0.15) is 5.69 Å². The third-order valence-corrected chi connectivity index (χ3v) is 3.30. The molecule has 2 heterocycles. The number of anilines is 1. The van der Waals surface area contributed by atoms with Crippen LogP contribution in [0.25, 0.3) is 22.0 Å². The molecule has 0 atom stereocenters. The fourth-order valence-electron chi connectivity index (χ4n) is 1.98. The third kappa shape index (κ3) is 1.82. The summed E-state index contributed by atoms with van der Waals surface area (Å²) in [6.45, 7) is 2.89. The van der Waals surface area contributed by atoms with Crippen LogP contribution in [0.1, 0.15) is 6.92 Å². The number of fused-ring (bicyclic) bond motifs is 1. The van der Waals surface area contributed by atoms with E-state index in [9.17, 15) is 0 Å². The predicted octanol–water partition coefficient (Wildman–Crippen LogP) is 3.19. The van der Waals surface area contributed by atoms with E-state index in [-0.39, 0.29) is 0 Å². The molecular weight excluding hydrogens is 244 g/mol. The lowest BCUT2D eigenvalue weighted by Gasteiger charge is -2.05. The average Bonchev–Trinajstić information content (AvgIpc) is 2.87. The van der Waals surface area contributed by atoms with E-state index in [0.29, 0.717) is 0 Å². The van der Waals surface area contributed by atoms with E-state index in [1.54, 1.807) is 6.20 Å². The minimum Gasteiger partial charge on any atom is -0.368 e. The molecule has 0 bridgehead atoms. The van der Waals surface area contributed by atoms with Crippen LogP contribution in [0.4, 0.5) is 5.82 Å². The molecule has 3 aromatic rings. The molecule has 4 nitrogen and oxygen atoms in total. The summed E-state index contributed by atoms with van der Waals surface area (Å²) in [5, 5.41) is 5.51. The summed E-state index contributed by atoms with van der Waals surface area (Å²) < 4.78 is 8.70. The summed E-state index contributed by atoms with van der Waals surface area (Å²) in [5.41, 5.74) is 2.01. The zero-order valence-electron chi connectivity index (χ0n) is 9.92. The van der Waals surface area contributed by atoms with Crippen LogP contribution in [0.15, 0.2) is 36.7 Å². The molecule has 1 N–H and O–H groups in total. The Morgan fingerprint density at radius 2 is 2.17 bits per heavy atom. The Morgan fingerprint density at radius 3 is 3.06 bits per heavy atom. The van der Waals surface area contributed by atoms with Crippen molar-refractivity contribution in [1.82, 2.24) is 13.7 Å². The lowest BCUT2D eigenvalue weighted by atomic mass is 10.0. The topological polar surface area (TPSA) is 50.7 Å². The van der Waals surface area contributed by atoms with Gasteiger partial charge >= 0.3 is 0 Å². The molecule has 0 aliphatic rings. The van der Waals surface area contributed by atoms with E-state index in [1.165, 1.54) is 11.7 Å². The van der Waals surface area contributed by atoms with Gasteiger partial charge in [-0.1, -0.05) is 18.2 Å². The molecular formula is C13H12N4S. The number of aromatic nitrogens is 3. The van der Waals surface area contributed by atoms with Gasteiger partial charge in [-0.15, -0.1) is 0 Å². The van der Waals surface area contributed by atoms with Crippen LogP contribution in [0, 0.1) is 0 Å². The summed E-state index contributed by atoms with van der Waals surface area (Å²) in [6.07, 6.45) is 3.67. The Hall–Kier alpha value is -2.01. The van der Waals surface area contributed by atoms with Crippen LogP contribution in [0.3, 0.4) is 0 Å². The second-order valence-corrected chi connectivity index (χ2v) is 4.42. The lowest BCUT2D eigenvalue weighted by molar-refractivity contribution is 1.19. The highest BCUT2D eigenvalue weighted by Gasteiger charge is 2.12. The van der Waals surface area contributed by atoms with Gasteiger partial charge in [0.2, 0.25) is 0 Å². The number of nitrogens with zero attached hydrogens (tertiary/aromatic N) is 3. The van der Waals surface area contributed by atoms with E-state index in [2.05, 4.69) is 38.1 Å². The highest BCUT2D eigenvalue weighted by atomic mass is 32.1. The van der Waals surface area contributed by atoms with Gasteiger partial charge in [-0.05, 0) is 18.4 Å². The fourth-order valence-corrected chi connectivity index (χ4v) is 2.52. The van der Waals surface area contributed by atoms with Crippen LogP contribution in [0.5, 0.6) is 0 Å². The molecule has 1 aromatic carbocycles. The van der Waals surface area contributed by atoms with E-state index in [0.717, 1.165) is 34.4 Å². The van der Waals surface area contributed by atoms with Gasteiger partial charge in [0.05, 0.1) is 11.7 Å². The molecule has 18 heavy (non-hydrogen) atoms. The van der Waals surface area contributed by atoms with Crippen molar-refractivity contribution in [2.75, 3.05) is 11.9 Å². The fraction of sp³-hybridized carbons (Fsp3) is 0.154. The highest BCUT2D eigenvalue weighted by Crippen LogP contribution is 2.31. The lowest BCUT2D eigenvalue weighted by Crippen LogP contribution is -1.98. The molecule has 2 aromatic heterocycles. The van der Waals surface area contributed by atoms with Crippen molar-refractivity contribution in [3.8, 4) is 11.3 Å².